The fourth-order valence-electron chi connectivity index (χ4n) is 2.64. The van der Waals surface area contributed by atoms with Gasteiger partial charge in [0.1, 0.15) is 0 Å². The van der Waals surface area contributed by atoms with Crippen LogP contribution in [0.2, 0.25) is 5.02 Å². The number of amides is 2. The molecule has 10 heteroatoms. The van der Waals surface area contributed by atoms with Gasteiger partial charge in [-0.15, -0.1) is 0 Å². The quantitative estimate of drug-likeness (QED) is 0.636. The molecule has 6 nitrogen and oxygen atoms in total. The molecular weight excluding hydrogens is 409 g/mol. The molecule has 1 aromatic heterocycles. The normalized spacial score (nSPS) is 11.2. The molecule has 0 atom stereocenters. The van der Waals surface area contributed by atoms with Crippen LogP contribution in [-0.2, 0) is 11.0 Å². The number of halogens is 4. The monoisotopic (exact) mass is 422 g/mol. The standard InChI is InChI=1S/C19H14ClF3N4O2/c1-11(28)25-13-3-2-4-14(9-13)26-18(29)16-10-24-27(17(16)19(21,22)23)15-7-5-12(20)6-8-15/h2-10H,1H3,(H,25,28)(H,26,29). The molecule has 0 saturated heterocycles. The summed E-state index contributed by atoms with van der Waals surface area (Å²) in [6.45, 7) is 1.31. The van der Waals surface area contributed by atoms with Gasteiger partial charge in [0.25, 0.3) is 5.91 Å². The van der Waals surface area contributed by atoms with Gasteiger partial charge in [-0.3, -0.25) is 9.59 Å². The van der Waals surface area contributed by atoms with E-state index in [-0.39, 0.29) is 17.3 Å². The third-order valence-electron chi connectivity index (χ3n) is 3.79. The lowest BCUT2D eigenvalue weighted by molar-refractivity contribution is -0.143. The largest absolute Gasteiger partial charge is 0.434 e. The molecule has 0 saturated carbocycles. The Kier molecular flexibility index (Phi) is 5.60. The third kappa shape index (κ3) is 4.75. The summed E-state index contributed by atoms with van der Waals surface area (Å²) in [7, 11) is 0. The Morgan fingerprint density at radius 2 is 1.66 bits per heavy atom. The van der Waals surface area contributed by atoms with Crippen molar-refractivity contribution in [3.05, 3.63) is 71.0 Å². The van der Waals surface area contributed by atoms with Crippen LogP contribution in [0.5, 0.6) is 0 Å². The van der Waals surface area contributed by atoms with Gasteiger partial charge in [-0.05, 0) is 42.5 Å². The minimum Gasteiger partial charge on any atom is -0.326 e. The highest BCUT2D eigenvalue weighted by Gasteiger charge is 2.40. The van der Waals surface area contributed by atoms with Crippen LogP contribution < -0.4 is 10.6 Å². The van der Waals surface area contributed by atoms with Crippen LogP contribution in [0.25, 0.3) is 5.69 Å². The fraction of sp³-hybridized carbons (Fsp3) is 0.105. The SMILES string of the molecule is CC(=O)Nc1cccc(NC(=O)c2cnn(-c3ccc(Cl)cc3)c2C(F)(F)F)c1. The van der Waals surface area contributed by atoms with Crippen molar-refractivity contribution in [1.29, 1.82) is 0 Å². The number of alkyl halides is 3. The van der Waals surface area contributed by atoms with Crippen LogP contribution in [0.4, 0.5) is 24.5 Å². The zero-order valence-electron chi connectivity index (χ0n) is 14.9. The maximum atomic E-state index is 13.7. The molecule has 3 rings (SSSR count). The van der Waals surface area contributed by atoms with Crippen molar-refractivity contribution in [2.24, 2.45) is 0 Å². The van der Waals surface area contributed by atoms with E-state index in [0.717, 1.165) is 6.20 Å². The maximum Gasteiger partial charge on any atom is 0.434 e. The van der Waals surface area contributed by atoms with Gasteiger partial charge in [0.05, 0.1) is 17.4 Å². The van der Waals surface area contributed by atoms with E-state index in [1.807, 2.05) is 0 Å². The van der Waals surface area contributed by atoms with Crippen molar-refractivity contribution in [2.45, 2.75) is 13.1 Å². The first kappa shape index (κ1) is 20.4. The number of hydrogen-bond donors (Lipinski definition) is 2. The lowest BCUT2D eigenvalue weighted by atomic mass is 10.2. The highest BCUT2D eigenvalue weighted by molar-refractivity contribution is 6.30. The molecule has 0 radical (unpaired) electrons. The lowest BCUT2D eigenvalue weighted by Gasteiger charge is -2.13. The second-order valence-electron chi connectivity index (χ2n) is 6.01. The van der Waals surface area contributed by atoms with Crippen LogP contribution in [0, 0.1) is 0 Å². The fourth-order valence-corrected chi connectivity index (χ4v) is 2.77. The van der Waals surface area contributed by atoms with Crippen molar-refractivity contribution in [3.8, 4) is 5.69 Å². The zero-order valence-corrected chi connectivity index (χ0v) is 15.7. The second kappa shape index (κ2) is 7.96. The van der Waals surface area contributed by atoms with Crippen LogP contribution in [0.15, 0.2) is 54.7 Å². The van der Waals surface area contributed by atoms with Gasteiger partial charge in [-0.1, -0.05) is 17.7 Å². The Hall–Kier alpha value is -3.33. The molecule has 2 N–H and O–H groups in total. The summed E-state index contributed by atoms with van der Waals surface area (Å²) in [5, 5.41) is 9.01. The van der Waals surface area contributed by atoms with Gasteiger partial charge in [0.2, 0.25) is 5.91 Å². The Morgan fingerprint density at radius 3 is 2.24 bits per heavy atom. The number of hydrogen-bond acceptors (Lipinski definition) is 3. The Labute approximate surface area is 168 Å². The van der Waals surface area contributed by atoms with Gasteiger partial charge >= 0.3 is 6.18 Å². The maximum absolute atomic E-state index is 13.7. The van der Waals surface area contributed by atoms with E-state index in [0.29, 0.717) is 15.4 Å². The predicted molar refractivity (Wildman–Crippen MR) is 102 cm³/mol. The topological polar surface area (TPSA) is 76.0 Å². The molecule has 29 heavy (non-hydrogen) atoms. The highest BCUT2D eigenvalue weighted by atomic mass is 35.5. The summed E-state index contributed by atoms with van der Waals surface area (Å²) in [5.74, 6) is -1.31. The van der Waals surface area contributed by atoms with Gasteiger partial charge in [-0.2, -0.15) is 18.3 Å². The number of nitrogens with zero attached hydrogens (tertiary/aromatic N) is 2. The van der Waals surface area contributed by atoms with Crippen LogP contribution in [-0.4, -0.2) is 21.6 Å². The first-order chi connectivity index (χ1) is 13.6. The molecular formula is C19H14ClF3N4O2. The van der Waals surface area contributed by atoms with Crippen LogP contribution in [0.1, 0.15) is 23.0 Å². The third-order valence-corrected chi connectivity index (χ3v) is 4.05. The van der Waals surface area contributed by atoms with Crippen molar-refractivity contribution in [3.63, 3.8) is 0 Å². The predicted octanol–water partition coefficient (Wildman–Crippen LogP) is 4.76. The second-order valence-corrected chi connectivity index (χ2v) is 6.45. The molecule has 0 spiro atoms. The number of carbonyl (C=O) groups is 2. The summed E-state index contributed by atoms with van der Waals surface area (Å²) >= 11 is 5.78. The molecule has 1 heterocycles. The number of benzene rings is 2. The minimum absolute atomic E-state index is 0.105. The molecule has 3 aromatic rings. The van der Waals surface area contributed by atoms with E-state index in [1.165, 1.54) is 43.3 Å². The van der Waals surface area contributed by atoms with Gasteiger partial charge < -0.3 is 10.6 Å². The van der Waals surface area contributed by atoms with Gasteiger partial charge in [0, 0.05) is 23.3 Å². The minimum atomic E-state index is -4.83. The van der Waals surface area contributed by atoms with Gasteiger partial charge in [0.15, 0.2) is 5.69 Å². The first-order valence-corrected chi connectivity index (χ1v) is 8.63. The molecule has 2 amide bonds. The average Bonchev–Trinajstić information content (AvgIpc) is 3.08. The summed E-state index contributed by atoms with van der Waals surface area (Å²) in [6.07, 6.45) is -3.98. The number of rotatable bonds is 4. The number of aromatic nitrogens is 2. The lowest BCUT2D eigenvalue weighted by Crippen LogP contribution is -2.20. The van der Waals surface area contributed by atoms with Crippen molar-refractivity contribution >= 4 is 34.8 Å². The van der Waals surface area contributed by atoms with E-state index in [9.17, 15) is 22.8 Å². The molecule has 2 aromatic carbocycles. The van der Waals surface area contributed by atoms with E-state index in [4.69, 9.17) is 11.6 Å². The first-order valence-electron chi connectivity index (χ1n) is 8.25. The molecule has 0 unspecified atom stereocenters. The average molecular weight is 423 g/mol. The zero-order chi connectivity index (χ0) is 21.2. The Balaban J connectivity index is 1.95. The van der Waals surface area contributed by atoms with Crippen molar-refractivity contribution in [2.75, 3.05) is 10.6 Å². The smallest absolute Gasteiger partial charge is 0.326 e. The molecule has 0 aliphatic carbocycles. The van der Waals surface area contributed by atoms with E-state index < -0.39 is 23.3 Å². The van der Waals surface area contributed by atoms with Crippen molar-refractivity contribution < 1.29 is 22.8 Å². The summed E-state index contributed by atoms with van der Waals surface area (Å²) in [5.41, 5.74) is -1.14. The van der Waals surface area contributed by atoms with E-state index in [2.05, 4.69) is 15.7 Å². The Morgan fingerprint density at radius 1 is 1.03 bits per heavy atom. The highest BCUT2D eigenvalue weighted by Crippen LogP contribution is 2.34. The van der Waals surface area contributed by atoms with Crippen molar-refractivity contribution in [1.82, 2.24) is 9.78 Å². The summed E-state index contributed by atoms with van der Waals surface area (Å²) < 4.78 is 41.7. The number of carbonyl (C=O) groups excluding carboxylic acids is 2. The number of nitrogens with one attached hydrogen (secondary N) is 2. The van der Waals surface area contributed by atoms with E-state index >= 15 is 0 Å². The molecule has 0 aliphatic rings. The van der Waals surface area contributed by atoms with E-state index in [1.54, 1.807) is 12.1 Å². The van der Waals surface area contributed by atoms with Crippen LogP contribution >= 0.6 is 11.6 Å². The summed E-state index contributed by atoms with van der Waals surface area (Å²) in [6, 6.07) is 11.6. The van der Waals surface area contributed by atoms with Crippen LogP contribution in [0.3, 0.4) is 0 Å². The molecule has 0 fully saturated rings. The summed E-state index contributed by atoms with van der Waals surface area (Å²) in [4.78, 5) is 23.7. The van der Waals surface area contributed by atoms with Gasteiger partial charge in [-0.25, -0.2) is 4.68 Å². The molecule has 150 valence electrons. The molecule has 0 bridgehead atoms. The molecule has 0 aliphatic heterocycles. The number of anilines is 2. The Bertz CT molecular complexity index is 1060.